The van der Waals surface area contributed by atoms with Crippen molar-refractivity contribution in [1.82, 2.24) is 4.72 Å². The van der Waals surface area contributed by atoms with Crippen LogP contribution in [0.2, 0.25) is 0 Å². The van der Waals surface area contributed by atoms with E-state index in [1.54, 1.807) is 36.4 Å². The van der Waals surface area contributed by atoms with E-state index in [0.29, 0.717) is 11.1 Å². The highest BCUT2D eigenvalue weighted by atomic mass is 32.2. The summed E-state index contributed by atoms with van der Waals surface area (Å²) >= 11 is 1.05. The summed E-state index contributed by atoms with van der Waals surface area (Å²) in [5, 5.41) is -0.233. The Kier molecular flexibility index (Phi) is 7.80. The zero-order valence-electron chi connectivity index (χ0n) is 19.0. The first kappa shape index (κ1) is 24.9. The Morgan fingerprint density at radius 1 is 0.771 bits per heavy atom. The Morgan fingerprint density at radius 2 is 1.34 bits per heavy atom. The minimum atomic E-state index is -4.00. The van der Waals surface area contributed by atoms with Crippen molar-refractivity contribution in [2.45, 2.75) is 28.7 Å². The summed E-state index contributed by atoms with van der Waals surface area (Å²) in [6, 6.07) is 29.3. The third-order valence-electron chi connectivity index (χ3n) is 5.55. The van der Waals surface area contributed by atoms with Gasteiger partial charge in [0.1, 0.15) is 5.82 Å². The number of hydrogen-bond donors (Lipinski definition) is 1. The van der Waals surface area contributed by atoms with Crippen LogP contribution in [-0.2, 0) is 14.8 Å². The van der Waals surface area contributed by atoms with Crippen LogP contribution < -0.4 is 4.72 Å². The quantitative estimate of drug-likeness (QED) is 0.287. The second-order valence-electron chi connectivity index (χ2n) is 8.09. The summed E-state index contributed by atoms with van der Waals surface area (Å²) in [6.45, 7) is 1.87. The van der Waals surface area contributed by atoms with Gasteiger partial charge in [0.05, 0.1) is 16.9 Å². The Labute approximate surface area is 209 Å². The van der Waals surface area contributed by atoms with Gasteiger partial charge in [0.15, 0.2) is 0 Å². The highest BCUT2D eigenvalue weighted by Crippen LogP contribution is 2.38. The molecule has 4 aromatic carbocycles. The van der Waals surface area contributed by atoms with Gasteiger partial charge < -0.3 is 0 Å². The molecule has 2 atom stereocenters. The summed E-state index contributed by atoms with van der Waals surface area (Å²) in [5.41, 5.74) is 2.07. The maximum Gasteiger partial charge on any atom is 0.241 e. The van der Waals surface area contributed by atoms with Gasteiger partial charge in [-0.15, -0.1) is 0 Å². The lowest BCUT2D eigenvalue weighted by Gasteiger charge is -2.28. The second-order valence-corrected chi connectivity index (χ2v) is 10.9. The van der Waals surface area contributed by atoms with E-state index >= 15 is 0 Å². The molecular formula is C28H24FNO3S2. The largest absolute Gasteiger partial charge is 0.286 e. The normalized spacial score (nSPS) is 13.2. The first-order valence-electron chi connectivity index (χ1n) is 11.0. The average molecular weight is 506 g/mol. The van der Waals surface area contributed by atoms with Gasteiger partial charge in [-0.1, -0.05) is 90.1 Å². The fraction of sp³-hybridized carbons (Fsp3) is 0.107. The van der Waals surface area contributed by atoms with Gasteiger partial charge >= 0.3 is 0 Å². The van der Waals surface area contributed by atoms with E-state index in [4.69, 9.17) is 0 Å². The van der Waals surface area contributed by atoms with E-state index in [0.717, 1.165) is 22.2 Å². The number of nitrogens with one attached hydrogen (secondary N) is 1. The molecule has 35 heavy (non-hydrogen) atoms. The van der Waals surface area contributed by atoms with E-state index in [-0.39, 0.29) is 10.0 Å². The molecule has 0 aliphatic carbocycles. The third kappa shape index (κ3) is 6.25. The molecule has 0 aliphatic rings. The number of halogens is 1. The van der Waals surface area contributed by atoms with Crippen molar-refractivity contribution in [2.24, 2.45) is 0 Å². The van der Waals surface area contributed by atoms with Crippen molar-refractivity contribution in [3.05, 3.63) is 132 Å². The number of rotatable bonds is 8. The van der Waals surface area contributed by atoms with Crippen LogP contribution in [0.1, 0.15) is 28.7 Å². The first-order chi connectivity index (χ1) is 16.8. The lowest BCUT2D eigenvalue weighted by atomic mass is 9.88. The number of carbonyl (C=O) groups is 1. The van der Waals surface area contributed by atoms with Crippen molar-refractivity contribution >= 4 is 26.9 Å². The number of thioether (sulfide) groups is 1. The van der Waals surface area contributed by atoms with Gasteiger partial charge in [-0.2, -0.15) is 0 Å². The fourth-order valence-electron chi connectivity index (χ4n) is 3.74. The number of sulfonamides is 1. The van der Waals surface area contributed by atoms with E-state index in [1.807, 2.05) is 43.3 Å². The highest BCUT2D eigenvalue weighted by molar-refractivity contribution is 8.13. The molecule has 0 radical (unpaired) electrons. The molecule has 4 aromatic rings. The Hall–Kier alpha value is -3.26. The number of benzene rings is 4. The molecule has 0 saturated carbocycles. The maximum atomic E-state index is 13.8. The smallest absolute Gasteiger partial charge is 0.241 e. The highest BCUT2D eigenvalue weighted by Gasteiger charge is 2.35. The monoisotopic (exact) mass is 505 g/mol. The van der Waals surface area contributed by atoms with Gasteiger partial charge in [-0.05, 0) is 54.4 Å². The van der Waals surface area contributed by atoms with E-state index in [9.17, 15) is 17.6 Å². The molecule has 0 unspecified atom stereocenters. The molecule has 1 N–H and O–H groups in total. The van der Waals surface area contributed by atoms with Crippen LogP contribution in [0.25, 0.3) is 0 Å². The molecule has 4 nitrogen and oxygen atoms in total. The van der Waals surface area contributed by atoms with Gasteiger partial charge in [-0.3, -0.25) is 4.79 Å². The van der Waals surface area contributed by atoms with E-state index in [1.165, 1.54) is 36.4 Å². The summed E-state index contributed by atoms with van der Waals surface area (Å²) in [5.74, 6) is -1.32. The predicted molar refractivity (Wildman–Crippen MR) is 137 cm³/mol. The summed E-state index contributed by atoms with van der Waals surface area (Å²) in [6.07, 6.45) is 0. The number of hydrogen-bond acceptors (Lipinski definition) is 4. The molecule has 0 aliphatic heterocycles. The summed E-state index contributed by atoms with van der Waals surface area (Å²) in [4.78, 5) is 14.6. The predicted octanol–water partition coefficient (Wildman–Crippen LogP) is 6.26. The third-order valence-corrected chi connectivity index (χ3v) is 7.97. The lowest BCUT2D eigenvalue weighted by molar-refractivity contribution is -0.112. The van der Waals surface area contributed by atoms with Crippen molar-refractivity contribution in [2.75, 3.05) is 0 Å². The SMILES string of the molecule is Cc1ccc(S(=O)(=O)N[C@H](c2ccc(F)cc2)[C@@H](C(=O)Sc2ccccc2)c2ccccc2)cc1. The topological polar surface area (TPSA) is 63.2 Å². The maximum absolute atomic E-state index is 13.8. The molecule has 0 spiro atoms. The second kappa shape index (κ2) is 11.0. The summed E-state index contributed by atoms with van der Waals surface area (Å²) < 4.78 is 43.3. The zero-order valence-corrected chi connectivity index (χ0v) is 20.6. The fourth-order valence-corrected chi connectivity index (χ4v) is 5.91. The van der Waals surface area contributed by atoms with Crippen LogP contribution in [0.15, 0.2) is 119 Å². The molecule has 178 valence electrons. The van der Waals surface area contributed by atoms with Gasteiger partial charge in [0.25, 0.3) is 0 Å². The Balaban J connectivity index is 1.80. The summed E-state index contributed by atoms with van der Waals surface area (Å²) in [7, 11) is -4.00. The Bertz CT molecular complexity index is 1380. The van der Waals surface area contributed by atoms with Crippen LogP contribution in [0.5, 0.6) is 0 Å². The molecule has 0 saturated heterocycles. The van der Waals surface area contributed by atoms with Crippen LogP contribution in [-0.4, -0.2) is 13.5 Å². The van der Waals surface area contributed by atoms with E-state index < -0.39 is 27.8 Å². The number of aryl methyl sites for hydroxylation is 1. The molecule has 0 amide bonds. The molecule has 4 rings (SSSR count). The van der Waals surface area contributed by atoms with Crippen molar-refractivity contribution in [3.63, 3.8) is 0 Å². The van der Waals surface area contributed by atoms with Crippen LogP contribution in [0.4, 0.5) is 4.39 Å². The molecular weight excluding hydrogens is 481 g/mol. The Morgan fingerprint density at radius 3 is 1.94 bits per heavy atom. The standard InChI is InChI=1S/C28H24FNO3S2/c1-20-12-18-25(19-13-20)35(32,33)30-27(22-14-16-23(29)17-15-22)26(21-8-4-2-5-9-21)28(31)34-24-10-6-3-7-11-24/h2-19,26-27,30H,1H3/t26-,27+/m0/s1. The van der Waals surface area contributed by atoms with Crippen LogP contribution in [0, 0.1) is 12.7 Å². The van der Waals surface area contributed by atoms with Crippen LogP contribution in [0.3, 0.4) is 0 Å². The van der Waals surface area contributed by atoms with Gasteiger partial charge in [0.2, 0.25) is 15.1 Å². The van der Waals surface area contributed by atoms with Crippen molar-refractivity contribution in [1.29, 1.82) is 0 Å². The van der Waals surface area contributed by atoms with Crippen molar-refractivity contribution < 1.29 is 17.6 Å². The minimum absolute atomic E-state index is 0.0881. The molecule has 7 heteroatoms. The molecule has 0 bridgehead atoms. The van der Waals surface area contributed by atoms with Gasteiger partial charge in [0, 0.05) is 4.90 Å². The molecule has 0 heterocycles. The van der Waals surface area contributed by atoms with Crippen LogP contribution >= 0.6 is 11.8 Å². The van der Waals surface area contributed by atoms with Gasteiger partial charge in [-0.25, -0.2) is 17.5 Å². The van der Waals surface area contributed by atoms with E-state index in [2.05, 4.69) is 4.72 Å². The minimum Gasteiger partial charge on any atom is -0.286 e. The molecule has 0 aromatic heterocycles. The van der Waals surface area contributed by atoms with Crippen molar-refractivity contribution in [3.8, 4) is 0 Å². The molecule has 0 fully saturated rings. The lowest BCUT2D eigenvalue weighted by Crippen LogP contribution is -2.35. The average Bonchev–Trinajstić information content (AvgIpc) is 2.85. The first-order valence-corrected chi connectivity index (χ1v) is 13.3. The number of carbonyl (C=O) groups excluding carboxylic acids is 1. The zero-order chi connectivity index (χ0) is 24.8.